The molecule has 1 amide bonds. The number of halogens is 2. The van der Waals surface area contributed by atoms with Crippen molar-refractivity contribution in [2.45, 2.75) is 26.2 Å². The highest BCUT2D eigenvalue weighted by molar-refractivity contribution is 9.10. The maximum absolute atomic E-state index is 12.5. The van der Waals surface area contributed by atoms with Crippen LogP contribution in [0.15, 0.2) is 22.7 Å². The van der Waals surface area contributed by atoms with Gasteiger partial charge in [-0.2, -0.15) is 0 Å². The molecule has 98 valence electrons. The van der Waals surface area contributed by atoms with Crippen molar-refractivity contribution in [3.63, 3.8) is 0 Å². The van der Waals surface area contributed by atoms with E-state index in [1.54, 1.807) is 12.1 Å². The van der Waals surface area contributed by atoms with Gasteiger partial charge in [-0.15, -0.1) is 0 Å². The van der Waals surface area contributed by atoms with Crippen molar-refractivity contribution >= 4 is 33.4 Å². The fourth-order valence-corrected chi connectivity index (χ4v) is 2.76. The van der Waals surface area contributed by atoms with Crippen LogP contribution in [0.5, 0.6) is 0 Å². The zero-order valence-corrected chi connectivity index (χ0v) is 12.8. The van der Waals surface area contributed by atoms with Crippen LogP contribution in [0.2, 0.25) is 5.02 Å². The lowest BCUT2D eigenvalue weighted by Crippen LogP contribution is -2.37. The van der Waals surface area contributed by atoms with Crippen molar-refractivity contribution in [1.82, 2.24) is 4.90 Å². The van der Waals surface area contributed by atoms with Gasteiger partial charge in [0.2, 0.25) is 0 Å². The molecule has 1 saturated carbocycles. The molecule has 2 rings (SSSR count). The first-order chi connectivity index (χ1) is 8.61. The fourth-order valence-electron chi connectivity index (χ4n) is 2.17. The van der Waals surface area contributed by atoms with E-state index in [0.29, 0.717) is 16.5 Å². The summed E-state index contributed by atoms with van der Waals surface area (Å²) in [5.74, 6) is 0.755. The average molecular weight is 331 g/mol. The molecule has 4 heteroatoms. The van der Waals surface area contributed by atoms with Crippen molar-refractivity contribution in [1.29, 1.82) is 0 Å². The summed E-state index contributed by atoms with van der Waals surface area (Å²) in [5.41, 5.74) is 0.656. The molecule has 1 fully saturated rings. The van der Waals surface area contributed by atoms with E-state index in [-0.39, 0.29) is 5.91 Å². The van der Waals surface area contributed by atoms with E-state index >= 15 is 0 Å². The minimum atomic E-state index is 0.0683. The highest BCUT2D eigenvalue weighted by atomic mass is 79.9. The molecule has 2 nitrogen and oxygen atoms in total. The normalized spacial score (nSPS) is 15.3. The number of carbonyl (C=O) groups excluding carboxylic acids is 1. The molecule has 0 bridgehead atoms. The van der Waals surface area contributed by atoms with Crippen molar-refractivity contribution in [2.24, 2.45) is 5.92 Å². The Morgan fingerprint density at radius 1 is 1.50 bits per heavy atom. The highest BCUT2D eigenvalue weighted by Gasteiger charge is 2.24. The number of hydrogen-bond donors (Lipinski definition) is 0. The first-order valence-corrected chi connectivity index (χ1v) is 7.53. The third-order valence-corrected chi connectivity index (χ3v) is 4.46. The van der Waals surface area contributed by atoms with Crippen LogP contribution in [0.25, 0.3) is 0 Å². The molecule has 0 atom stereocenters. The summed E-state index contributed by atoms with van der Waals surface area (Å²) in [6.07, 6.45) is 3.80. The maximum atomic E-state index is 12.5. The van der Waals surface area contributed by atoms with Crippen LogP contribution in [-0.4, -0.2) is 23.9 Å². The van der Waals surface area contributed by atoms with Gasteiger partial charge in [0.1, 0.15) is 0 Å². The minimum Gasteiger partial charge on any atom is -0.339 e. The van der Waals surface area contributed by atoms with E-state index in [1.807, 2.05) is 17.9 Å². The summed E-state index contributed by atoms with van der Waals surface area (Å²) in [5, 5.41) is 0.598. The zero-order valence-electron chi connectivity index (χ0n) is 10.5. The van der Waals surface area contributed by atoms with E-state index < -0.39 is 0 Å². The molecule has 0 aromatic heterocycles. The Morgan fingerprint density at radius 3 is 2.78 bits per heavy atom. The van der Waals surface area contributed by atoms with Crippen LogP contribution >= 0.6 is 27.5 Å². The molecular weight excluding hydrogens is 314 g/mol. The molecule has 1 aliphatic carbocycles. The summed E-state index contributed by atoms with van der Waals surface area (Å²) in [6, 6.07) is 5.34. The van der Waals surface area contributed by atoms with E-state index in [2.05, 4.69) is 15.9 Å². The van der Waals surface area contributed by atoms with Gasteiger partial charge in [0.25, 0.3) is 5.91 Å². The molecule has 0 spiro atoms. The van der Waals surface area contributed by atoms with Gasteiger partial charge >= 0.3 is 0 Å². The topological polar surface area (TPSA) is 20.3 Å². The van der Waals surface area contributed by atoms with Gasteiger partial charge in [0.05, 0.1) is 5.56 Å². The number of nitrogens with zero attached hydrogens (tertiary/aromatic N) is 1. The lowest BCUT2D eigenvalue weighted by molar-refractivity contribution is 0.0705. The Morgan fingerprint density at radius 2 is 2.22 bits per heavy atom. The quantitative estimate of drug-likeness (QED) is 0.803. The molecule has 0 radical (unpaired) electrons. The van der Waals surface area contributed by atoms with Gasteiger partial charge in [-0.05, 0) is 59.8 Å². The Kier molecular flexibility index (Phi) is 4.68. The number of rotatable bonds is 4. The Balaban J connectivity index is 2.14. The Hall–Kier alpha value is -0.540. The SMILES string of the molecule is CCN(CC1CCC1)C(=O)c1cc(Cl)ccc1Br. The van der Waals surface area contributed by atoms with Gasteiger partial charge in [-0.3, -0.25) is 4.79 Å². The van der Waals surface area contributed by atoms with Crippen LogP contribution in [-0.2, 0) is 0 Å². The van der Waals surface area contributed by atoms with Crippen LogP contribution in [0.4, 0.5) is 0 Å². The van der Waals surface area contributed by atoms with E-state index in [1.165, 1.54) is 19.3 Å². The minimum absolute atomic E-state index is 0.0683. The van der Waals surface area contributed by atoms with Crippen molar-refractivity contribution in [3.05, 3.63) is 33.3 Å². The molecule has 0 heterocycles. The summed E-state index contributed by atoms with van der Waals surface area (Å²) in [4.78, 5) is 14.4. The number of benzene rings is 1. The Labute approximate surface area is 121 Å². The van der Waals surface area contributed by atoms with E-state index in [0.717, 1.165) is 17.6 Å². The predicted octanol–water partition coefficient (Wildman–Crippen LogP) is 4.36. The first-order valence-electron chi connectivity index (χ1n) is 6.36. The lowest BCUT2D eigenvalue weighted by atomic mass is 9.85. The number of carbonyl (C=O) groups is 1. The van der Waals surface area contributed by atoms with Crippen molar-refractivity contribution in [2.75, 3.05) is 13.1 Å². The number of amides is 1. The zero-order chi connectivity index (χ0) is 13.1. The number of hydrogen-bond acceptors (Lipinski definition) is 1. The molecule has 0 aliphatic heterocycles. The summed E-state index contributed by atoms with van der Waals surface area (Å²) < 4.78 is 0.809. The van der Waals surface area contributed by atoms with Crippen LogP contribution in [0.3, 0.4) is 0 Å². The molecule has 0 unspecified atom stereocenters. The summed E-state index contributed by atoms with van der Waals surface area (Å²) in [6.45, 7) is 3.64. The van der Waals surface area contributed by atoms with E-state index in [4.69, 9.17) is 11.6 Å². The highest BCUT2D eigenvalue weighted by Crippen LogP contribution is 2.28. The molecular formula is C14H17BrClNO. The maximum Gasteiger partial charge on any atom is 0.255 e. The van der Waals surface area contributed by atoms with Gasteiger partial charge in [0.15, 0.2) is 0 Å². The molecule has 0 N–H and O–H groups in total. The second-order valence-corrected chi connectivity index (χ2v) is 6.06. The van der Waals surface area contributed by atoms with Gasteiger partial charge in [-0.1, -0.05) is 18.0 Å². The molecule has 1 aromatic rings. The predicted molar refractivity (Wildman–Crippen MR) is 78.1 cm³/mol. The molecule has 0 saturated heterocycles. The van der Waals surface area contributed by atoms with Gasteiger partial charge in [0, 0.05) is 22.6 Å². The monoisotopic (exact) mass is 329 g/mol. The molecule has 18 heavy (non-hydrogen) atoms. The smallest absolute Gasteiger partial charge is 0.255 e. The third-order valence-electron chi connectivity index (χ3n) is 3.53. The molecule has 1 aliphatic rings. The standard InChI is InChI=1S/C14H17BrClNO/c1-2-17(9-10-4-3-5-10)14(18)12-8-11(16)6-7-13(12)15/h6-8,10H,2-5,9H2,1H3. The second kappa shape index (κ2) is 6.07. The summed E-state index contributed by atoms with van der Waals surface area (Å²) in [7, 11) is 0. The van der Waals surface area contributed by atoms with Crippen LogP contribution < -0.4 is 0 Å². The first kappa shape index (κ1) is 13.9. The van der Waals surface area contributed by atoms with Gasteiger partial charge in [-0.25, -0.2) is 0 Å². The molecule has 1 aromatic carbocycles. The van der Waals surface area contributed by atoms with Crippen molar-refractivity contribution < 1.29 is 4.79 Å². The second-order valence-electron chi connectivity index (χ2n) is 4.76. The third kappa shape index (κ3) is 3.07. The van der Waals surface area contributed by atoms with E-state index in [9.17, 15) is 4.79 Å². The van der Waals surface area contributed by atoms with Crippen molar-refractivity contribution in [3.8, 4) is 0 Å². The van der Waals surface area contributed by atoms with Gasteiger partial charge < -0.3 is 4.90 Å². The van der Waals surface area contributed by atoms with Crippen LogP contribution in [0, 0.1) is 5.92 Å². The lowest BCUT2D eigenvalue weighted by Gasteiger charge is -2.32. The summed E-state index contributed by atoms with van der Waals surface area (Å²) >= 11 is 9.38. The largest absolute Gasteiger partial charge is 0.339 e. The Bertz CT molecular complexity index is 445. The van der Waals surface area contributed by atoms with Crippen LogP contribution in [0.1, 0.15) is 36.5 Å². The average Bonchev–Trinajstić information content (AvgIpc) is 2.30. The fraction of sp³-hybridized carbons (Fsp3) is 0.500.